The summed E-state index contributed by atoms with van der Waals surface area (Å²) in [5.41, 5.74) is 2.35. The van der Waals surface area contributed by atoms with Crippen LogP contribution in [0.25, 0.3) is 0 Å². The lowest BCUT2D eigenvalue weighted by Gasteiger charge is -2.24. The Bertz CT molecular complexity index is 960. The van der Waals surface area contributed by atoms with Crippen molar-refractivity contribution in [3.63, 3.8) is 0 Å². The van der Waals surface area contributed by atoms with Gasteiger partial charge in [-0.15, -0.1) is 0 Å². The summed E-state index contributed by atoms with van der Waals surface area (Å²) < 4.78 is 10.9. The third-order valence-electron chi connectivity index (χ3n) is 5.43. The van der Waals surface area contributed by atoms with Crippen LogP contribution in [0, 0.1) is 0 Å². The first-order chi connectivity index (χ1) is 13.9. The number of fused-ring (bicyclic) bond motifs is 1. The number of hydrogen-bond acceptors (Lipinski definition) is 4. The van der Waals surface area contributed by atoms with Gasteiger partial charge >= 0.3 is 6.03 Å². The Balaban J connectivity index is 1.61. The predicted octanol–water partition coefficient (Wildman–Crippen LogP) is 4.13. The fraction of sp³-hybridized carbons (Fsp3) is 0.364. The van der Waals surface area contributed by atoms with E-state index in [1.54, 1.807) is 19.1 Å². The molecule has 29 heavy (non-hydrogen) atoms. The summed E-state index contributed by atoms with van der Waals surface area (Å²) >= 11 is 6.22. The number of amides is 3. The smallest absolute Gasteiger partial charge is 0.325 e. The molecule has 152 valence electrons. The largest absolute Gasteiger partial charge is 0.467 e. The van der Waals surface area contributed by atoms with Crippen molar-refractivity contribution in [2.24, 2.45) is 0 Å². The van der Waals surface area contributed by atoms with Gasteiger partial charge in [0.15, 0.2) is 6.79 Å². The normalized spacial score (nSPS) is 21.0. The molecule has 2 aliphatic rings. The first-order valence-corrected chi connectivity index (χ1v) is 10.1. The Kier molecular flexibility index (Phi) is 5.23. The van der Waals surface area contributed by atoms with Gasteiger partial charge in [0, 0.05) is 16.1 Å². The zero-order valence-electron chi connectivity index (χ0n) is 16.5. The third kappa shape index (κ3) is 3.58. The van der Waals surface area contributed by atoms with Crippen LogP contribution in [0.4, 0.5) is 4.79 Å². The van der Waals surface area contributed by atoms with Gasteiger partial charge in [0.1, 0.15) is 11.3 Å². The Morgan fingerprint density at radius 2 is 1.97 bits per heavy atom. The molecule has 1 fully saturated rings. The van der Waals surface area contributed by atoms with Crippen LogP contribution >= 0.6 is 11.6 Å². The maximum atomic E-state index is 13.3. The van der Waals surface area contributed by atoms with Gasteiger partial charge in [0.25, 0.3) is 5.91 Å². The van der Waals surface area contributed by atoms with E-state index in [4.69, 9.17) is 21.1 Å². The highest BCUT2D eigenvalue weighted by Gasteiger charge is 2.49. The van der Waals surface area contributed by atoms with Gasteiger partial charge in [0.2, 0.25) is 0 Å². The molecule has 1 saturated heterocycles. The molecule has 0 aromatic heterocycles. The maximum Gasteiger partial charge on any atom is 0.325 e. The fourth-order valence-electron chi connectivity index (χ4n) is 3.87. The van der Waals surface area contributed by atoms with Crippen LogP contribution in [0.5, 0.6) is 5.75 Å². The van der Waals surface area contributed by atoms with Crippen LogP contribution in [0.15, 0.2) is 36.4 Å². The number of nitrogens with zero attached hydrogens (tertiary/aromatic N) is 1. The fourth-order valence-corrected chi connectivity index (χ4v) is 4.14. The lowest BCUT2D eigenvalue weighted by molar-refractivity contribution is -0.131. The van der Waals surface area contributed by atoms with Crippen LogP contribution in [-0.2, 0) is 34.6 Å². The summed E-state index contributed by atoms with van der Waals surface area (Å²) in [6.45, 7) is 4.45. The van der Waals surface area contributed by atoms with Crippen molar-refractivity contribution < 1.29 is 19.1 Å². The standard InChI is InChI=1S/C22H23ClN2O4/c1-3-4-14-5-7-17(8-6-14)22(2)20(26)25(21(27)24-22)11-15-9-18(23)10-16-12-28-13-29-19(15)16/h5-10H,3-4,11-13H2,1-2H3,(H,24,27)/t22-/m0/s1. The highest BCUT2D eigenvalue weighted by molar-refractivity contribution is 6.30. The average Bonchev–Trinajstić information content (AvgIpc) is 2.92. The minimum Gasteiger partial charge on any atom is -0.467 e. The van der Waals surface area contributed by atoms with Crippen molar-refractivity contribution in [3.8, 4) is 5.75 Å². The molecular formula is C22H23ClN2O4. The second-order valence-electron chi connectivity index (χ2n) is 7.56. The van der Waals surface area contributed by atoms with Crippen molar-refractivity contribution in [2.75, 3.05) is 6.79 Å². The van der Waals surface area contributed by atoms with Crippen LogP contribution < -0.4 is 10.1 Å². The van der Waals surface area contributed by atoms with E-state index in [1.165, 1.54) is 10.5 Å². The van der Waals surface area contributed by atoms with Crippen molar-refractivity contribution in [1.82, 2.24) is 10.2 Å². The summed E-state index contributed by atoms with van der Waals surface area (Å²) in [4.78, 5) is 27.2. The van der Waals surface area contributed by atoms with E-state index in [-0.39, 0.29) is 19.2 Å². The molecule has 2 heterocycles. The van der Waals surface area contributed by atoms with E-state index >= 15 is 0 Å². The van der Waals surface area contributed by atoms with E-state index in [0.29, 0.717) is 22.9 Å². The van der Waals surface area contributed by atoms with Gasteiger partial charge < -0.3 is 14.8 Å². The third-order valence-corrected chi connectivity index (χ3v) is 5.64. The molecule has 2 aromatic carbocycles. The number of carbonyl (C=O) groups is 2. The quantitative estimate of drug-likeness (QED) is 0.747. The zero-order chi connectivity index (χ0) is 20.6. The molecule has 6 nitrogen and oxygen atoms in total. The molecule has 3 amide bonds. The Morgan fingerprint density at radius 1 is 1.21 bits per heavy atom. The summed E-state index contributed by atoms with van der Waals surface area (Å²) in [6, 6.07) is 10.9. The molecule has 2 aromatic rings. The zero-order valence-corrected chi connectivity index (χ0v) is 17.2. The number of aryl methyl sites for hydroxylation is 1. The van der Waals surface area contributed by atoms with Gasteiger partial charge in [-0.2, -0.15) is 0 Å². The number of carbonyl (C=O) groups excluding carboxylic acids is 2. The molecule has 0 saturated carbocycles. The molecule has 7 heteroatoms. The molecule has 0 aliphatic carbocycles. The van der Waals surface area contributed by atoms with Gasteiger partial charge in [-0.3, -0.25) is 9.69 Å². The van der Waals surface area contributed by atoms with Gasteiger partial charge in [-0.05, 0) is 36.6 Å². The number of hydrogen-bond donors (Lipinski definition) is 1. The number of imide groups is 1. The number of ether oxygens (including phenoxy) is 2. The topological polar surface area (TPSA) is 67.9 Å². The van der Waals surface area contributed by atoms with Gasteiger partial charge in [-0.1, -0.05) is 49.2 Å². The summed E-state index contributed by atoms with van der Waals surface area (Å²) in [6.07, 6.45) is 2.03. The molecule has 4 rings (SSSR count). The minimum absolute atomic E-state index is 0.0804. The van der Waals surface area contributed by atoms with Crippen molar-refractivity contribution >= 4 is 23.5 Å². The van der Waals surface area contributed by atoms with Crippen LogP contribution in [0.1, 0.15) is 42.5 Å². The van der Waals surface area contributed by atoms with Crippen LogP contribution in [0.2, 0.25) is 5.02 Å². The van der Waals surface area contributed by atoms with E-state index in [2.05, 4.69) is 12.2 Å². The summed E-state index contributed by atoms with van der Waals surface area (Å²) in [7, 11) is 0. The highest BCUT2D eigenvalue weighted by Crippen LogP contribution is 2.35. The number of urea groups is 1. The molecule has 0 spiro atoms. The second-order valence-corrected chi connectivity index (χ2v) is 7.99. The van der Waals surface area contributed by atoms with Crippen molar-refractivity contribution in [2.45, 2.75) is 45.4 Å². The molecule has 1 N–H and O–H groups in total. The average molecular weight is 415 g/mol. The van der Waals surface area contributed by atoms with E-state index in [9.17, 15) is 9.59 Å². The Hall–Kier alpha value is -2.57. The predicted molar refractivity (Wildman–Crippen MR) is 109 cm³/mol. The summed E-state index contributed by atoms with van der Waals surface area (Å²) in [5.74, 6) is 0.324. The molecular weight excluding hydrogens is 392 g/mol. The molecule has 0 bridgehead atoms. The lowest BCUT2D eigenvalue weighted by Crippen LogP contribution is -2.40. The number of rotatable bonds is 5. The monoisotopic (exact) mass is 414 g/mol. The number of nitrogens with one attached hydrogen (secondary N) is 1. The highest BCUT2D eigenvalue weighted by atomic mass is 35.5. The van der Waals surface area contributed by atoms with E-state index in [1.807, 2.05) is 24.3 Å². The Morgan fingerprint density at radius 3 is 2.69 bits per heavy atom. The van der Waals surface area contributed by atoms with Crippen molar-refractivity contribution in [3.05, 3.63) is 63.7 Å². The lowest BCUT2D eigenvalue weighted by atomic mass is 9.91. The second kappa shape index (κ2) is 7.69. The molecule has 2 aliphatic heterocycles. The van der Waals surface area contributed by atoms with Gasteiger partial charge in [0.05, 0.1) is 13.2 Å². The first-order valence-electron chi connectivity index (χ1n) is 9.67. The molecule has 0 unspecified atom stereocenters. The minimum atomic E-state index is -1.11. The van der Waals surface area contributed by atoms with Crippen LogP contribution in [0.3, 0.4) is 0 Å². The maximum absolute atomic E-state index is 13.3. The van der Waals surface area contributed by atoms with Crippen LogP contribution in [-0.4, -0.2) is 23.6 Å². The number of halogens is 1. The van der Waals surface area contributed by atoms with E-state index in [0.717, 1.165) is 24.0 Å². The van der Waals surface area contributed by atoms with Crippen molar-refractivity contribution in [1.29, 1.82) is 0 Å². The van der Waals surface area contributed by atoms with Gasteiger partial charge in [-0.25, -0.2) is 4.79 Å². The summed E-state index contributed by atoms with van der Waals surface area (Å²) in [5, 5.41) is 3.36. The van der Waals surface area contributed by atoms with E-state index < -0.39 is 11.6 Å². The SMILES string of the molecule is CCCc1ccc([C@]2(C)NC(=O)N(Cc3cc(Cl)cc4c3OCOC4)C2=O)cc1. The molecule has 1 atom stereocenters. The first kappa shape index (κ1) is 19.7. The molecule has 0 radical (unpaired) electrons. The Labute approximate surface area is 174 Å². The number of benzene rings is 2.